The number of thiazole rings is 1. The second-order valence-electron chi connectivity index (χ2n) is 4.26. The lowest BCUT2D eigenvalue weighted by Gasteiger charge is -2.39. The number of nitrogens with two attached hydrogens (primary N) is 1. The zero-order valence-electron chi connectivity index (χ0n) is 10.4. The summed E-state index contributed by atoms with van der Waals surface area (Å²) >= 11 is 1.33. The second-order valence-corrected chi connectivity index (χ2v) is 4.97. The number of rotatable bonds is 2. The van der Waals surface area contributed by atoms with E-state index in [0.717, 1.165) is 0 Å². The lowest BCUT2D eigenvalue weighted by molar-refractivity contribution is -0.140. The Morgan fingerprint density at radius 2 is 2.16 bits per heavy atom. The summed E-state index contributed by atoms with van der Waals surface area (Å²) in [5.41, 5.74) is 7.22. The van der Waals surface area contributed by atoms with E-state index >= 15 is 0 Å². The Balaban J connectivity index is 2.13. The van der Waals surface area contributed by atoms with Crippen LogP contribution in [0.25, 0.3) is 0 Å². The number of primary amides is 1. The fourth-order valence-corrected chi connectivity index (χ4v) is 2.59. The van der Waals surface area contributed by atoms with Gasteiger partial charge in [-0.05, 0) is 0 Å². The van der Waals surface area contributed by atoms with Crippen molar-refractivity contribution in [2.45, 2.75) is 13.0 Å². The highest BCUT2D eigenvalue weighted by Crippen LogP contribution is 2.13. The summed E-state index contributed by atoms with van der Waals surface area (Å²) in [5.74, 6) is -1.06. The molecule has 1 fully saturated rings. The van der Waals surface area contributed by atoms with E-state index in [4.69, 9.17) is 5.73 Å². The first kappa shape index (κ1) is 13.5. The summed E-state index contributed by atoms with van der Waals surface area (Å²) < 4.78 is 0. The van der Waals surface area contributed by atoms with Crippen molar-refractivity contribution in [3.8, 4) is 0 Å². The number of aromatic nitrogens is 1. The molecule has 0 aromatic carbocycles. The number of piperazine rings is 1. The van der Waals surface area contributed by atoms with E-state index in [2.05, 4.69) is 4.98 Å². The van der Waals surface area contributed by atoms with Gasteiger partial charge in [0.2, 0.25) is 11.8 Å². The van der Waals surface area contributed by atoms with E-state index in [-0.39, 0.29) is 18.4 Å². The van der Waals surface area contributed by atoms with Gasteiger partial charge in [-0.15, -0.1) is 11.3 Å². The Bertz CT molecular complexity index is 502. The van der Waals surface area contributed by atoms with Crippen molar-refractivity contribution in [3.05, 3.63) is 16.6 Å². The maximum atomic E-state index is 12.1. The largest absolute Gasteiger partial charge is 0.368 e. The van der Waals surface area contributed by atoms with Crippen molar-refractivity contribution in [1.82, 2.24) is 14.8 Å². The third-order valence-electron chi connectivity index (χ3n) is 3.05. The molecular formula is C11H14N4O3S. The van der Waals surface area contributed by atoms with Crippen molar-refractivity contribution in [1.29, 1.82) is 0 Å². The summed E-state index contributed by atoms with van der Waals surface area (Å²) in [6.45, 7) is 2.18. The van der Waals surface area contributed by atoms with Crippen LogP contribution in [0.3, 0.4) is 0 Å². The molecule has 102 valence electrons. The predicted molar refractivity (Wildman–Crippen MR) is 68.4 cm³/mol. The summed E-state index contributed by atoms with van der Waals surface area (Å²) in [5, 5.41) is 1.65. The van der Waals surface area contributed by atoms with E-state index in [0.29, 0.717) is 18.8 Å². The monoisotopic (exact) mass is 282 g/mol. The van der Waals surface area contributed by atoms with E-state index < -0.39 is 11.9 Å². The number of hydrogen-bond acceptors (Lipinski definition) is 5. The zero-order valence-corrected chi connectivity index (χ0v) is 11.2. The topological polar surface area (TPSA) is 96.6 Å². The number of nitrogens with zero attached hydrogens (tertiary/aromatic N) is 3. The van der Waals surface area contributed by atoms with Gasteiger partial charge >= 0.3 is 0 Å². The molecule has 1 aromatic heterocycles. The fourth-order valence-electron chi connectivity index (χ4n) is 2.07. The van der Waals surface area contributed by atoms with Crippen LogP contribution in [0.15, 0.2) is 10.9 Å². The lowest BCUT2D eigenvalue weighted by Crippen LogP contribution is -2.60. The molecule has 7 nitrogen and oxygen atoms in total. The Kier molecular flexibility index (Phi) is 3.79. The molecule has 0 spiro atoms. The maximum Gasteiger partial charge on any atom is 0.273 e. The molecule has 0 bridgehead atoms. The second kappa shape index (κ2) is 5.35. The van der Waals surface area contributed by atoms with Gasteiger partial charge in [-0.1, -0.05) is 0 Å². The van der Waals surface area contributed by atoms with Gasteiger partial charge in [-0.2, -0.15) is 0 Å². The van der Waals surface area contributed by atoms with Gasteiger partial charge in [-0.25, -0.2) is 4.98 Å². The van der Waals surface area contributed by atoms with Gasteiger partial charge in [0.25, 0.3) is 5.91 Å². The molecular weight excluding hydrogens is 268 g/mol. The first-order valence-electron chi connectivity index (χ1n) is 5.74. The van der Waals surface area contributed by atoms with E-state index in [9.17, 15) is 14.4 Å². The summed E-state index contributed by atoms with van der Waals surface area (Å²) in [6, 6.07) is -0.770. The first-order chi connectivity index (χ1) is 9.00. The van der Waals surface area contributed by atoms with Crippen LogP contribution in [0.1, 0.15) is 17.4 Å². The summed E-state index contributed by atoms with van der Waals surface area (Å²) in [4.78, 5) is 41.8. The van der Waals surface area contributed by atoms with Crippen LogP contribution in [-0.4, -0.2) is 58.2 Å². The van der Waals surface area contributed by atoms with Crippen molar-refractivity contribution in [2.24, 2.45) is 5.73 Å². The van der Waals surface area contributed by atoms with Gasteiger partial charge in [0.05, 0.1) is 12.1 Å². The lowest BCUT2D eigenvalue weighted by atomic mass is 10.1. The molecule has 1 atom stereocenters. The van der Waals surface area contributed by atoms with Crippen LogP contribution < -0.4 is 5.73 Å². The molecule has 0 aliphatic carbocycles. The number of carbonyl (C=O) groups is 3. The molecule has 0 saturated carbocycles. The molecule has 2 N–H and O–H groups in total. The van der Waals surface area contributed by atoms with Gasteiger partial charge in [0.1, 0.15) is 11.7 Å². The SMILES string of the molecule is CC(=O)N1CCN(C(=O)c2cscn2)C[C@@H]1C(N)=O. The molecule has 2 heterocycles. The third-order valence-corrected chi connectivity index (χ3v) is 3.64. The predicted octanol–water partition coefficient (Wildman–Crippen LogP) is -0.699. The minimum absolute atomic E-state index is 0.116. The molecule has 8 heteroatoms. The Labute approximate surface area is 114 Å². The maximum absolute atomic E-state index is 12.1. The average molecular weight is 282 g/mol. The van der Waals surface area contributed by atoms with Crippen LogP contribution in [0, 0.1) is 0 Å². The van der Waals surface area contributed by atoms with Crippen molar-refractivity contribution in [2.75, 3.05) is 19.6 Å². The molecule has 19 heavy (non-hydrogen) atoms. The van der Waals surface area contributed by atoms with Gasteiger partial charge < -0.3 is 15.5 Å². The van der Waals surface area contributed by atoms with E-state index in [1.54, 1.807) is 10.9 Å². The molecule has 0 radical (unpaired) electrons. The Hall–Kier alpha value is -1.96. The van der Waals surface area contributed by atoms with Crippen LogP contribution >= 0.6 is 11.3 Å². The van der Waals surface area contributed by atoms with Crippen molar-refractivity contribution < 1.29 is 14.4 Å². The van der Waals surface area contributed by atoms with E-state index in [1.807, 2.05) is 0 Å². The van der Waals surface area contributed by atoms with Crippen molar-refractivity contribution >= 4 is 29.1 Å². The van der Waals surface area contributed by atoms with Crippen LogP contribution in [0.5, 0.6) is 0 Å². The van der Waals surface area contributed by atoms with Crippen LogP contribution in [0.2, 0.25) is 0 Å². The van der Waals surface area contributed by atoms with Crippen LogP contribution in [-0.2, 0) is 9.59 Å². The van der Waals surface area contributed by atoms with Gasteiger partial charge in [-0.3, -0.25) is 14.4 Å². The van der Waals surface area contributed by atoms with Crippen molar-refractivity contribution in [3.63, 3.8) is 0 Å². The summed E-state index contributed by atoms with van der Waals surface area (Å²) in [6.07, 6.45) is 0. The minimum Gasteiger partial charge on any atom is -0.368 e. The average Bonchev–Trinajstić information content (AvgIpc) is 2.90. The van der Waals surface area contributed by atoms with Crippen LogP contribution in [0.4, 0.5) is 0 Å². The number of carbonyl (C=O) groups excluding carboxylic acids is 3. The van der Waals surface area contributed by atoms with E-state index in [1.165, 1.54) is 28.1 Å². The Morgan fingerprint density at radius 1 is 1.42 bits per heavy atom. The molecule has 1 aromatic rings. The zero-order chi connectivity index (χ0) is 14.0. The smallest absolute Gasteiger partial charge is 0.273 e. The third kappa shape index (κ3) is 2.73. The highest BCUT2D eigenvalue weighted by atomic mass is 32.1. The van der Waals surface area contributed by atoms with Gasteiger partial charge in [0, 0.05) is 25.4 Å². The molecule has 2 rings (SSSR count). The highest BCUT2D eigenvalue weighted by Gasteiger charge is 2.35. The molecule has 0 unspecified atom stereocenters. The standard InChI is InChI=1S/C11H14N4O3S/c1-7(16)15-3-2-14(4-9(15)10(12)17)11(18)8-5-19-6-13-8/h5-6,9H,2-4H2,1H3,(H2,12,17)/t9-/m1/s1. The molecule has 1 saturated heterocycles. The minimum atomic E-state index is -0.770. The molecule has 1 aliphatic heterocycles. The number of hydrogen-bond donors (Lipinski definition) is 1. The highest BCUT2D eigenvalue weighted by molar-refractivity contribution is 7.07. The Morgan fingerprint density at radius 3 is 2.68 bits per heavy atom. The molecule has 1 aliphatic rings. The first-order valence-corrected chi connectivity index (χ1v) is 6.69. The quantitative estimate of drug-likeness (QED) is 0.775. The van der Waals surface area contributed by atoms with Gasteiger partial charge in [0.15, 0.2) is 0 Å². The fraction of sp³-hybridized carbons (Fsp3) is 0.455. The summed E-state index contributed by atoms with van der Waals surface area (Å²) in [7, 11) is 0. The molecule has 3 amide bonds. The number of amides is 3. The normalized spacial score (nSPS) is 19.3.